The Kier molecular flexibility index (Phi) is 10.1. The number of fused-ring (bicyclic) bond motifs is 1. The summed E-state index contributed by atoms with van der Waals surface area (Å²) in [4.78, 5) is 43.7. The number of hydrogen-bond donors (Lipinski definition) is 2. The van der Waals surface area contributed by atoms with Gasteiger partial charge in [0.1, 0.15) is 11.5 Å². The standard InChI is InChI=1S/C41H48N8O4/c1-28-21-33(7-12-38(28)48-16-14-39(50)49(41(48)51)26-29-3-8-35(52-2)9-4-29)46-17-19-47(20-18-46)34-22-30(23-34)27-53-36-10-5-32(6-11-36)44-40-43-24-31-13-15-42-25-37(31)45-40/h3-12,21,24,30,34,42H,13-20,22-23,25-27H2,1-2H3,(H,43,44,45). The molecular formula is C41H48N8O4. The van der Waals surface area contributed by atoms with E-state index in [1.54, 1.807) is 12.0 Å². The van der Waals surface area contributed by atoms with Crippen LogP contribution in [0.5, 0.6) is 11.5 Å². The Morgan fingerprint density at radius 2 is 1.68 bits per heavy atom. The molecule has 0 bridgehead atoms. The van der Waals surface area contributed by atoms with Gasteiger partial charge in [-0.15, -0.1) is 0 Å². The van der Waals surface area contributed by atoms with E-state index in [0.717, 1.165) is 92.0 Å². The molecule has 3 fully saturated rings. The van der Waals surface area contributed by atoms with E-state index < -0.39 is 0 Å². The summed E-state index contributed by atoms with van der Waals surface area (Å²) in [5.41, 5.74) is 7.19. The summed E-state index contributed by atoms with van der Waals surface area (Å²) >= 11 is 0. The first kappa shape index (κ1) is 34.9. The number of ether oxygens (including phenoxy) is 2. The van der Waals surface area contributed by atoms with Crippen LogP contribution in [0.25, 0.3) is 0 Å². The Labute approximate surface area is 311 Å². The number of hydrogen-bond acceptors (Lipinski definition) is 10. The van der Waals surface area contributed by atoms with Gasteiger partial charge in [-0.1, -0.05) is 12.1 Å². The molecule has 3 aliphatic heterocycles. The number of nitrogens with one attached hydrogen (secondary N) is 2. The van der Waals surface area contributed by atoms with Gasteiger partial charge in [0.25, 0.3) is 0 Å². The number of carbonyl (C=O) groups is 2. The van der Waals surface area contributed by atoms with Gasteiger partial charge in [-0.05, 0) is 110 Å². The first-order valence-electron chi connectivity index (χ1n) is 18.8. The second-order valence-electron chi connectivity index (χ2n) is 14.5. The topological polar surface area (TPSA) is 115 Å². The number of benzene rings is 3. The van der Waals surface area contributed by atoms with Crippen molar-refractivity contribution in [3.63, 3.8) is 0 Å². The predicted molar refractivity (Wildman–Crippen MR) is 205 cm³/mol. The van der Waals surface area contributed by atoms with E-state index in [4.69, 9.17) is 9.47 Å². The summed E-state index contributed by atoms with van der Waals surface area (Å²) < 4.78 is 11.4. The molecule has 3 aromatic carbocycles. The third-order valence-corrected chi connectivity index (χ3v) is 11.1. The van der Waals surface area contributed by atoms with E-state index in [-0.39, 0.29) is 18.5 Å². The van der Waals surface area contributed by atoms with Crippen LogP contribution in [-0.2, 0) is 24.3 Å². The van der Waals surface area contributed by atoms with Crippen LogP contribution in [0.2, 0.25) is 0 Å². The van der Waals surface area contributed by atoms with E-state index >= 15 is 0 Å². The van der Waals surface area contributed by atoms with Crippen molar-refractivity contribution in [2.75, 3.05) is 68.1 Å². The maximum Gasteiger partial charge on any atom is 0.331 e. The van der Waals surface area contributed by atoms with Crippen molar-refractivity contribution in [1.29, 1.82) is 0 Å². The second kappa shape index (κ2) is 15.4. The van der Waals surface area contributed by atoms with Crippen LogP contribution in [0.15, 0.2) is 72.9 Å². The minimum atomic E-state index is -0.272. The third kappa shape index (κ3) is 7.79. The van der Waals surface area contributed by atoms with Gasteiger partial charge in [0.2, 0.25) is 11.9 Å². The zero-order chi connectivity index (χ0) is 36.3. The number of aryl methyl sites for hydroxylation is 1. The molecular weight excluding hydrogens is 669 g/mol. The molecule has 12 nitrogen and oxygen atoms in total. The largest absolute Gasteiger partial charge is 0.497 e. The summed E-state index contributed by atoms with van der Waals surface area (Å²) in [7, 11) is 1.62. The highest BCUT2D eigenvalue weighted by Gasteiger charge is 2.36. The Balaban J connectivity index is 0.778. The molecule has 0 spiro atoms. The number of piperazine rings is 1. The lowest BCUT2D eigenvalue weighted by Crippen LogP contribution is -2.54. The number of rotatable bonds is 11. The smallest absolute Gasteiger partial charge is 0.331 e. The number of nitrogens with zero attached hydrogens (tertiary/aromatic N) is 6. The zero-order valence-corrected chi connectivity index (χ0v) is 30.6. The van der Waals surface area contributed by atoms with Gasteiger partial charge in [0.15, 0.2) is 0 Å². The van der Waals surface area contributed by atoms with Crippen LogP contribution in [0, 0.1) is 12.8 Å². The fraction of sp³-hybridized carbons (Fsp3) is 0.415. The molecule has 2 saturated heterocycles. The van der Waals surface area contributed by atoms with Crippen molar-refractivity contribution in [1.82, 2.24) is 25.1 Å². The Morgan fingerprint density at radius 1 is 0.906 bits per heavy atom. The third-order valence-electron chi connectivity index (χ3n) is 11.1. The number of carbonyl (C=O) groups excluding carboxylic acids is 2. The number of amides is 3. The summed E-state index contributed by atoms with van der Waals surface area (Å²) in [5, 5.41) is 6.68. The molecule has 1 aromatic heterocycles. The second-order valence-corrected chi connectivity index (χ2v) is 14.5. The molecule has 4 aliphatic rings. The molecule has 0 unspecified atom stereocenters. The van der Waals surface area contributed by atoms with Gasteiger partial charge >= 0.3 is 6.03 Å². The normalized spacial score (nSPS) is 20.5. The Bertz CT molecular complexity index is 1920. The van der Waals surface area contributed by atoms with Gasteiger partial charge in [-0.3, -0.25) is 19.5 Å². The Morgan fingerprint density at radius 3 is 2.43 bits per heavy atom. The highest BCUT2D eigenvalue weighted by Crippen LogP contribution is 2.35. The first-order chi connectivity index (χ1) is 25.9. The number of urea groups is 1. The van der Waals surface area contributed by atoms with Gasteiger partial charge in [0, 0.05) is 75.0 Å². The summed E-state index contributed by atoms with van der Waals surface area (Å²) in [5.74, 6) is 2.67. The fourth-order valence-corrected chi connectivity index (χ4v) is 7.87. The van der Waals surface area contributed by atoms with Crippen molar-refractivity contribution in [2.45, 2.75) is 51.7 Å². The summed E-state index contributed by atoms with van der Waals surface area (Å²) in [6.45, 7) is 9.19. The summed E-state index contributed by atoms with van der Waals surface area (Å²) in [6, 6.07) is 22.2. The van der Waals surface area contributed by atoms with E-state index in [1.807, 2.05) is 60.8 Å². The molecule has 3 amide bonds. The maximum absolute atomic E-state index is 13.6. The molecule has 2 N–H and O–H groups in total. The van der Waals surface area contributed by atoms with Crippen LogP contribution in [0.4, 0.5) is 27.8 Å². The van der Waals surface area contributed by atoms with E-state index in [2.05, 4.69) is 49.5 Å². The number of methoxy groups -OCH3 is 1. The lowest BCUT2D eigenvalue weighted by molar-refractivity contribution is -0.129. The van der Waals surface area contributed by atoms with Crippen LogP contribution >= 0.6 is 0 Å². The first-order valence-corrected chi connectivity index (χ1v) is 18.8. The molecule has 4 aromatic rings. The number of imide groups is 1. The van der Waals surface area contributed by atoms with E-state index in [0.29, 0.717) is 30.9 Å². The molecule has 8 rings (SSSR count). The van der Waals surface area contributed by atoms with Crippen LogP contribution in [0.3, 0.4) is 0 Å². The average molecular weight is 717 g/mol. The predicted octanol–water partition coefficient (Wildman–Crippen LogP) is 5.52. The monoisotopic (exact) mass is 716 g/mol. The molecule has 276 valence electrons. The van der Waals surface area contributed by atoms with Gasteiger partial charge in [-0.2, -0.15) is 0 Å². The fourth-order valence-electron chi connectivity index (χ4n) is 7.87. The minimum absolute atomic E-state index is 0.145. The molecule has 0 radical (unpaired) electrons. The maximum atomic E-state index is 13.6. The van der Waals surface area contributed by atoms with E-state index in [9.17, 15) is 9.59 Å². The highest BCUT2D eigenvalue weighted by atomic mass is 16.5. The molecule has 53 heavy (non-hydrogen) atoms. The van der Waals surface area contributed by atoms with Crippen LogP contribution in [0.1, 0.15) is 41.6 Å². The quantitative estimate of drug-likeness (QED) is 0.206. The Hall–Kier alpha value is -5.20. The number of anilines is 4. The molecule has 0 atom stereocenters. The van der Waals surface area contributed by atoms with Crippen molar-refractivity contribution in [3.8, 4) is 11.5 Å². The summed E-state index contributed by atoms with van der Waals surface area (Å²) in [6.07, 6.45) is 5.54. The van der Waals surface area contributed by atoms with Gasteiger partial charge < -0.3 is 25.0 Å². The lowest BCUT2D eigenvalue weighted by atomic mass is 9.79. The van der Waals surface area contributed by atoms with Gasteiger partial charge in [-0.25, -0.2) is 14.8 Å². The average Bonchev–Trinajstić information content (AvgIpc) is 3.17. The SMILES string of the molecule is COc1ccc(CN2C(=O)CCN(c3ccc(N4CCN(C5CC(COc6ccc(Nc7ncc8c(n7)CNCC8)cc6)C5)CC4)cc3C)C2=O)cc1. The highest BCUT2D eigenvalue weighted by molar-refractivity contribution is 6.06. The van der Waals surface area contributed by atoms with Crippen molar-refractivity contribution >= 4 is 34.9 Å². The van der Waals surface area contributed by atoms with Gasteiger partial charge in [0.05, 0.1) is 26.0 Å². The molecule has 12 heteroatoms. The zero-order valence-electron chi connectivity index (χ0n) is 30.6. The minimum Gasteiger partial charge on any atom is -0.497 e. The number of aromatic nitrogens is 2. The lowest BCUT2D eigenvalue weighted by Gasteiger charge is -2.46. The molecule has 1 aliphatic carbocycles. The molecule has 1 saturated carbocycles. The van der Waals surface area contributed by atoms with Crippen LogP contribution in [-0.4, -0.2) is 90.7 Å². The van der Waals surface area contributed by atoms with Crippen LogP contribution < -0.4 is 29.9 Å². The van der Waals surface area contributed by atoms with Crippen molar-refractivity contribution in [3.05, 3.63) is 95.3 Å². The molecule has 4 heterocycles. The van der Waals surface area contributed by atoms with Crippen molar-refractivity contribution in [2.24, 2.45) is 5.92 Å². The van der Waals surface area contributed by atoms with E-state index in [1.165, 1.54) is 29.0 Å². The van der Waals surface area contributed by atoms with Crippen molar-refractivity contribution < 1.29 is 19.1 Å².